The Balaban J connectivity index is 1.72. The molecule has 2 aromatic heterocycles. The van der Waals surface area contributed by atoms with Gasteiger partial charge in [-0.3, -0.25) is 0 Å². The lowest BCUT2D eigenvalue weighted by atomic mass is 10.2. The summed E-state index contributed by atoms with van der Waals surface area (Å²) in [7, 11) is 0. The van der Waals surface area contributed by atoms with Crippen molar-refractivity contribution in [1.29, 1.82) is 5.26 Å². The van der Waals surface area contributed by atoms with E-state index in [1.54, 1.807) is 11.3 Å². The summed E-state index contributed by atoms with van der Waals surface area (Å²) in [5.74, 6) is 0. The van der Waals surface area contributed by atoms with Crippen LogP contribution >= 0.6 is 22.7 Å². The second-order valence-electron chi connectivity index (χ2n) is 4.15. The van der Waals surface area contributed by atoms with E-state index in [1.165, 1.54) is 11.3 Å². The Morgan fingerprint density at radius 2 is 2.20 bits per heavy atom. The van der Waals surface area contributed by atoms with Crippen molar-refractivity contribution in [3.63, 3.8) is 0 Å². The zero-order valence-corrected chi connectivity index (χ0v) is 12.2. The normalized spacial score (nSPS) is 10.2. The Kier molecular flexibility index (Phi) is 3.77. The monoisotopic (exact) mass is 297 g/mol. The first-order valence-electron chi connectivity index (χ1n) is 6.08. The molecule has 3 rings (SSSR count). The molecule has 0 spiro atoms. The number of hydrogen-bond acceptors (Lipinski definition) is 5. The molecule has 0 bridgehead atoms. The average Bonchev–Trinajstić information content (AvgIpc) is 3.17. The van der Waals surface area contributed by atoms with Crippen LogP contribution in [0.3, 0.4) is 0 Å². The smallest absolute Gasteiger partial charge is 0.123 e. The zero-order valence-electron chi connectivity index (χ0n) is 10.5. The van der Waals surface area contributed by atoms with Crippen LogP contribution in [-0.2, 0) is 6.54 Å². The van der Waals surface area contributed by atoms with E-state index < -0.39 is 0 Å². The van der Waals surface area contributed by atoms with Gasteiger partial charge >= 0.3 is 0 Å². The fourth-order valence-electron chi connectivity index (χ4n) is 1.85. The third kappa shape index (κ3) is 2.87. The van der Waals surface area contributed by atoms with Gasteiger partial charge in [0.25, 0.3) is 0 Å². The maximum absolute atomic E-state index is 8.81. The molecular formula is C15H11N3S2. The Morgan fingerprint density at radius 3 is 2.95 bits per heavy atom. The molecule has 0 amide bonds. The van der Waals surface area contributed by atoms with Gasteiger partial charge in [-0.2, -0.15) is 5.26 Å². The lowest BCUT2D eigenvalue weighted by Gasteiger charge is -2.06. The third-order valence-corrected chi connectivity index (χ3v) is 4.59. The van der Waals surface area contributed by atoms with Gasteiger partial charge in [0, 0.05) is 34.2 Å². The van der Waals surface area contributed by atoms with Crippen molar-refractivity contribution in [2.45, 2.75) is 6.54 Å². The molecule has 0 aliphatic heterocycles. The fourth-order valence-corrected chi connectivity index (χ4v) is 3.23. The van der Waals surface area contributed by atoms with E-state index in [0.717, 1.165) is 32.6 Å². The first kappa shape index (κ1) is 12.9. The molecule has 0 aliphatic rings. The van der Waals surface area contributed by atoms with Gasteiger partial charge in [-0.05, 0) is 24.3 Å². The summed E-state index contributed by atoms with van der Waals surface area (Å²) in [6.45, 7) is 0.730. The second kappa shape index (κ2) is 5.87. The van der Waals surface area contributed by atoms with Gasteiger partial charge in [0.05, 0.1) is 0 Å². The first-order chi connectivity index (χ1) is 9.85. The number of thiazole rings is 1. The van der Waals surface area contributed by atoms with E-state index in [4.69, 9.17) is 5.26 Å². The lowest BCUT2D eigenvalue weighted by molar-refractivity contribution is 1.19. The van der Waals surface area contributed by atoms with E-state index in [1.807, 2.05) is 35.8 Å². The van der Waals surface area contributed by atoms with Crippen LogP contribution in [-0.4, -0.2) is 4.98 Å². The molecule has 0 radical (unpaired) electrons. The molecule has 5 heteroatoms. The van der Waals surface area contributed by atoms with Crippen LogP contribution in [0.25, 0.3) is 10.6 Å². The van der Waals surface area contributed by atoms with Gasteiger partial charge < -0.3 is 5.32 Å². The molecule has 2 heterocycles. The van der Waals surface area contributed by atoms with Gasteiger partial charge in [-0.1, -0.05) is 12.1 Å². The van der Waals surface area contributed by atoms with Crippen LogP contribution in [0, 0.1) is 11.3 Å². The van der Waals surface area contributed by atoms with Crippen molar-refractivity contribution >= 4 is 28.4 Å². The SMILES string of the molecule is N#Cc1ccc(CNc2cccc(-c3nccs3)c2)s1. The van der Waals surface area contributed by atoms with Crippen molar-refractivity contribution in [3.8, 4) is 16.6 Å². The third-order valence-electron chi connectivity index (χ3n) is 2.78. The van der Waals surface area contributed by atoms with Crippen LogP contribution in [0.15, 0.2) is 48.0 Å². The molecule has 0 atom stereocenters. The van der Waals surface area contributed by atoms with E-state index in [9.17, 15) is 0 Å². The number of hydrogen-bond donors (Lipinski definition) is 1. The summed E-state index contributed by atoms with van der Waals surface area (Å²) in [5, 5.41) is 15.2. The van der Waals surface area contributed by atoms with Gasteiger partial charge in [0.1, 0.15) is 16.0 Å². The highest BCUT2D eigenvalue weighted by atomic mass is 32.1. The van der Waals surface area contributed by atoms with Crippen LogP contribution in [0.2, 0.25) is 0 Å². The summed E-state index contributed by atoms with van der Waals surface area (Å²) in [6, 6.07) is 14.2. The van der Waals surface area contributed by atoms with E-state index in [2.05, 4.69) is 28.5 Å². The minimum absolute atomic E-state index is 0.730. The van der Waals surface area contributed by atoms with Crippen LogP contribution in [0.5, 0.6) is 0 Å². The van der Waals surface area contributed by atoms with Crippen molar-refractivity contribution in [2.75, 3.05) is 5.32 Å². The van der Waals surface area contributed by atoms with Crippen LogP contribution in [0.4, 0.5) is 5.69 Å². The summed E-state index contributed by atoms with van der Waals surface area (Å²) in [4.78, 5) is 6.22. The molecule has 0 saturated carbocycles. The number of rotatable bonds is 4. The molecule has 0 saturated heterocycles. The predicted molar refractivity (Wildman–Crippen MR) is 83.9 cm³/mol. The Bertz CT molecular complexity index is 739. The Labute approximate surface area is 125 Å². The predicted octanol–water partition coefficient (Wildman–Crippen LogP) is 4.36. The summed E-state index contributed by atoms with van der Waals surface area (Å²) < 4.78 is 0. The van der Waals surface area contributed by atoms with E-state index in [-0.39, 0.29) is 0 Å². The highest BCUT2D eigenvalue weighted by Gasteiger charge is 2.03. The molecule has 3 nitrogen and oxygen atoms in total. The quantitative estimate of drug-likeness (QED) is 0.778. The first-order valence-corrected chi connectivity index (χ1v) is 7.77. The second-order valence-corrected chi connectivity index (χ2v) is 6.21. The zero-order chi connectivity index (χ0) is 13.8. The molecule has 1 N–H and O–H groups in total. The Morgan fingerprint density at radius 1 is 1.25 bits per heavy atom. The number of thiophene rings is 1. The number of nitrogens with one attached hydrogen (secondary N) is 1. The molecule has 1 aromatic carbocycles. The molecule has 0 fully saturated rings. The molecule has 0 unspecified atom stereocenters. The molecule has 0 aliphatic carbocycles. The maximum atomic E-state index is 8.81. The topological polar surface area (TPSA) is 48.7 Å². The van der Waals surface area contributed by atoms with Gasteiger partial charge in [0.15, 0.2) is 0 Å². The van der Waals surface area contributed by atoms with Crippen molar-refractivity contribution in [1.82, 2.24) is 4.98 Å². The number of aromatic nitrogens is 1. The minimum atomic E-state index is 0.730. The van der Waals surface area contributed by atoms with Crippen LogP contribution in [0.1, 0.15) is 9.75 Å². The van der Waals surface area contributed by atoms with Crippen molar-refractivity contribution < 1.29 is 0 Å². The standard InChI is InChI=1S/C15H11N3S2/c16-9-13-4-5-14(20-13)10-18-12-3-1-2-11(8-12)15-17-6-7-19-15/h1-8,18H,10H2. The molecule has 20 heavy (non-hydrogen) atoms. The molecule has 98 valence electrons. The summed E-state index contributed by atoms with van der Waals surface area (Å²) >= 11 is 3.15. The number of nitriles is 1. The number of benzene rings is 1. The lowest BCUT2D eigenvalue weighted by Crippen LogP contribution is -1.97. The largest absolute Gasteiger partial charge is 0.380 e. The number of anilines is 1. The van der Waals surface area contributed by atoms with Gasteiger partial charge in [0.2, 0.25) is 0 Å². The van der Waals surface area contributed by atoms with E-state index in [0.29, 0.717) is 0 Å². The summed E-state index contributed by atoms with van der Waals surface area (Å²) in [6.07, 6.45) is 1.81. The summed E-state index contributed by atoms with van der Waals surface area (Å²) in [5.41, 5.74) is 2.18. The van der Waals surface area contributed by atoms with Gasteiger partial charge in [-0.15, -0.1) is 22.7 Å². The Hall–Kier alpha value is -2.16. The number of nitrogens with zero attached hydrogens (tertiary/aromatic N) is 2. The fraction of sp³-hybridized carbons (Fsp3) is 0.0667. The molecule has 3 aromatic rings. The highest BCUT2D eigenvalue weighted by Crippen LogP contribution is 2.25. The molecular weight excluding hydrogens is 286 g/mol. The van der Waals surface area contributed by atoms with Gasteiger partial charge in [-0.25, -0.2) is 4.98 Å². The highest BCUT2D eigenvalue weighted by molar-refractivity contribution is 7.13. The average molecular weight is 297 g/mol. The van der Waals surface area contributed by atoms with E-state index >= 15 is 0 Å². The van der Waals surface area contributed by atoms with Crippen molar-refractivity contribution in [2.24, 2.45) is 0 Å². The van der Waals surface area contributed by atoms with Crippen LogP contribution < -0.4 is 5.32 Å². The van der Waals surface area contributed by atoms with Crippen molar-refractivity contribution in [3.05, 3.63) is 57.7 Å². The minimum Gasteiger partial charge on any atom is -0.380 e. The maximum Gasteiger partial charge on any atom is 0.123 e.